The topological polar surface area (TPSA) is 70.2 Å². The van der Waals surface area contributed by atoms with Crippen molar-refractivity contribution in [2.45, 2.75) is 13.3 Å². The van der Waals surface area contributed by atoms with E-state index in [2.05, 4.69) is 16.0 Å². The van der Waals surface area contributed by atoms with Crippen LogP contribution >= 0.6 is 0 Å². The number of para-hydroxylation sites is 1. The lowest BCUT2D eigenvalue weighted by molar-refractivity contribution is -0.125. The maximum Gasteiger partial charge on any atom is 0.239 e. The molecule has 0 unspecified atom stereocenters. The van der Waals surface area contributed by atoms with Crippen LogP contribution in [0.2, 0.25) is 0 Å². The standard InChI is InChI=1S/C13H19N3O2/c1-2-8-14-12(17)10-16-13(18)9-15-11-6-4-3-5-7-11/h3-7,15H,2,8-10H2,1H3,(H,14,17)(H,16,18). The summed E-state index contributed by atoms with van der Waals surface area (Å²) in [6, 6.07) is 9.43. The fraction of sp³-hybridized carbons (Fsp3) is 0.385. The zero-order chi connectivity index (χ0) is 13.2. The molecule has 0 radical (unpaired) electrons. The van der Waals surface area contributed by atoms with E-state index in [0.29, 0.717) is 6.54 Å². The molecule has 18 heavy (non-hydrogen) atoms. The summed E-state index contributed by atoms with van der Waals surface area (Å²) in [5.41, 5.74) is 0.878. The van der Waals surface area contributed by atoms with Crippen LogP contribution in [0.1, 0.15) is 13.3 Å². The Morgan fingerprint density at radius 1 is 1.00 bits per heavy atom. The minimum atomic E-state index is -0.203. The third kappa shape index (κ3) is 5.89. The molecule has 0 atom stereocenters. The van der Waals surface area contributed by atoms with Gasteiger partial charge in [-0.05, 0) is 18.6 Å². The molecule has 2 amide bonds. The second-order valence-corrected chi connectivity index (χ2v) is 3.85. The fourth-order valence-corrected chi connectivity index (χ4v) is 1.31. The molecule has 0 aliphatic carbocycles. The van der Waals surface area contributed by atoms with Gasteiger partial charge in [-0.3, -0.25) is 9.59 Å². The lowest BCUT2D eigenvalue weighted by atomic mass is 10.3. The molecule has 0 aliphatic rings. The summed E-state index contributed by atoms with van der Waals surface area (Å²) in [6.45, 7) is 2.79. The van der Waals surface area contributed by atoms with Gasteiger partial charge in [0, 0.05) is 12.2 Å². The van der Waals surface area contributed by atoms with Crippen molar-refractivity contribution in [3.8, 4) is 0 Å². The molecule has 98 valence electrons. The Morgan fingerprint density at radius 2 is 1.67 bits per heavy atom. The maximum absolute atomic E-state index is 11.4. The SMILES string of the molecule is CCCNC(=O)CNC(=O)CNc1ccccc1. The highest BCUT2D eigenvalue weighted by atomic mass is 16.2. The Morgan fingerprint density at radius 3 is 2.33 bits per heavy atom. The van der Waals surface area contributed by atoms with Crippen LogP contribution in [-0.4, -0.2) is 31.4 Å². The maximum atomic E-state index is 11.4. The second kappa shape index (κ2) is 8.11. The monoisotopic (exact) mass is 249 g/mol. The minimum Gasteiger partial charge on any atom is -0.376 e. The van der Waals surface area contributed by atoms with E-state index in [9.17, 15) is 9.59 Å². The van der Waals surface area contributed by atoms with Crippen LogP contribution in [0.4, 0.5) is 5.69 Å². The van der Waals surface area contributed by atoms with Crippen molar-refractivity contribution in [2.75, 3.05) is 25.0 Å². The van der Waals surface area contributed by atoms with Crippen molar-refractivity contribution in [1.29, 1.82) is 0 Å². The van der Waals surface area contributed by atoms with E-state index in [1.165, 1.54) is 0 Å². The predicted molar refractivity (Wildman–Crippen MR) is 71.2 cm³/mol. The van der Waals surface area contributed by atoms with Gasteiger partial charge in [0.2, 0.25) is 11.8 Å². The molecular weight excluding hydrogens is 230 g/mol. The molecule has 1 aromatic rings. The molecule has 0 heterocycles. The number of hydrogen-bond donors (Lipinski definition) is 3. The van der Waals surface area contributed by atoms with Crippen molar-refractivity contribution in [1.82, 2.24) is 10.6 Å². The molecule has 3 N–H and O–H groups in total. The zero-order valence-corrected chi connectivity index (χ0v) is 10.5. The highest BCUT2D eigenvalue weighted by Gasteiger charge is 2.04. The summed E-state index contributed by atoms with van der Waals surface area (Å²) in [7, 11) is 0. The number of amides is 2. The van der Waals surface area contributed by atoms with Gasteiger partial charge in [0.05, 0.1) is 13.1 Å². The van der Waals surface area contributed by atoms with Crippen LogP contribution in [0.25, 0.3) is 0 Å². The fourth-order valence-electron chi connectivity index (χ4n) is 1.31. The number of nitrogens with one attached hydrogen (secondary N) is 3. The molecule has 0 aliphatic heterocycles. The van der Waals surface area contributed by atoms with Gasteiger partial charge in [-0.2, -0.15) is 0 Å². The van der Waals surface area contributed by atoms with Gasteiger partial charge in [-0.1, -0.05) is 25.1 Å². The highest BCUT2D eigenvalue weighted by Crippen LogP contribution is 2.03. The van der Waals surface area contributed by atoms with E-state index in [4.69, 9.17) is 0 Å². The summed E-state index contributed by atoms with van der Waals surface area (Å²) in [5, 5.41) is 8.20. The Hall–Kier alpha value is -2.04. The Balaban J connectivity index is 2.16. The number of rotatable bonds is 7. The first-order valence-corrected chi connectivity index (χ1v) is 6.04. The summed E-state index contributed by atoms with van der Waals surface area (Å²) in [4.78, 5) is 22.7. The summed E-state index contributed by atoms with van der Waals surface area (Å²) in [5.74, 6) is -0.365. The van der Waals surface area contributed by atoms with Gasteiger partial charge in [0.15, 0.2) is 0 Å². The third-order valence-corrected chi connectivity index (χ3v) is 2.25. The molecule has 0 spiro atoms. The molecule has 5 heteroatoms. The van der Waals surface area contributed by atoms with Crippen molar-refractivity contribution in [2.24, 2.45) is 0 Å². The molecule has 5 nitrogen and oxygen atoms in total. The number of anilines is 1. The van der Waals surface area contributed by atoms with Gasteiger partial charge in [0.25, 0.3) is 0 Å². The lowest BCUT2D eigenvalue weighted by Gasteiger charge is -2.07. The lowest BCUT2D eigenvalue weighted by Crippen LogP contribution is -2.39. The molecule has 1 rings (SSSR count). The van der Waals surface area contributed by atoms with Crippen LogP contribution in [-0.2, 0) is 9.59 Å². The van der Waals surface area contributed by atoms with Gasteiger partial charge in [-0.15, -0.1) is 0 Å². The molecule has 1 aromatic carbocycles. The first-order chi connectivity index (χ1) is 8.72. The molecule has 0 saturated heterocycles. The van der Waals surface area contributed by atoms with E-state index in [1.807, 2.05) is 37.3 Å². The van der Waals surface area contributed by atoms with Crippen LogP contribution in [0.3, 0.4) is 0 Å². The number of carbonyl (C=O) groups excluding carboxylic acids is 2. The largest absolute Gasteiger partial charge is 0.376 e. The Kier molecular flexibility index (Phi) is 6.32. The molecule has 0 bridgehead atoms. The summed E-state index contributed by atoms with van der Waals surface area (Å²) < 4.78 is 0. The molecular formula is C13H19N3O2. The van der Waals surface area contributed by atoms with Crippen molar-refractivity contribution >= 4 is 17.5 Å². The van der Waals surface area contributed by atoms with Crippen molar-refractivity contribution < 1.29 is 9.59 Å². The van der Waals surface area contributed by atoms with Gasteiger partial charge >= 0.3 is 0 Å². The zero-order valence-electron chi connectivity index (χ0n) is 10.5. The smallest absolute Gasteiger partial charge is 0.239 e. The quantitative estimate of drug-likeness (QED) is 0.667. The van der Waals surface area contributed by atoms with Crippen molar-refractivity contribution in [3.63, 3.8) is 0 Å². The van der Waals surface area contributed by atoms with E-state index < -0.39 is 0 Å². The van der Waals surface area contributed by atoms with Crippen molar-refractivity contribution in [3.05, 3.63) is 30.3 Å². The van der Waals surface area contributed by atoms with E-state index >= 15 is 0 Å². The average Bonchev–Trinajstić information content (AvgIpc) is 2.41. The Labute approximate surface area is 107 Å². The predicted octanol–water partition coefficient (Wildman–Crippen LogP) is 0.741. The first kappa shape index (κ1) is 14.0. The Bertz CT molecular complexity index is 379. The minimum absolute atomic E-state index is 0.0231. The summed E-state index contributed by atoms with van der Waals surface area (Å²) in [6.07, 6.45) is 0.884. The van der Waals surface area contributed by atoms with Gasteiger partial charge in [-0.25, -0.2) is 0 Å². The molecule has 0 fully saturated rings. The highest BCUT2D eigenvalue weighted by molar-refractivity contribution is 5.86. The third-order valence-electron chi connectivity index (χ3n) is 2.25. The summed E-state index contributed by atoms with van der Waals surface area (Å²) >= 11 is 0. The number of carbonyl (C=O) groups is 2. The molecule has 0 saturated carbocycles. The first-order valence-electron chi connectivity index (χ1n) is 6.04. The molecule has 0 aromatic heterocycles. The second-order valence-electron chi connectivity index (χ2n) is 3.85. The van der Waals surface area contributed by atoms with E-state index in [0.717, 1.165) is 12.1 Å². The van der Waals surface area contributed by atoms with Crippen LogP contribution < -0.4 is 16.0 Å². The average molecular weight is 249 g/mol. The normalized spacial score (nSPS) is 9.61. The number of hydrogen-bond acceptors (Lipinski definition) is 3. The van der Waals surface area contributed by atoms with Gasteiger partial charge in [0.1, 0.15) is 0 Å². The number of benzene rings is 1. The van der Waals surface area contributed by atoms with Gasteiger partial charge < -0.3 is 16.0 Å². The van der Waals surface area contributed by atoms with Crippen LogP contribution in [0.15, 0.2) is 30.3 Å². The van der Waals surface area contributed by atoms with Crippen LogP contribution in [0, 0.1) is 0 Å². The van der Waals surface area contributed by atoms with Crippen LogP contribution in [0.5, 0.6) is 0 Å². The van der Waals surface area contributed by atoms with E-state index in [1.54, 1.807) is 0 Å². The van der Waals surface area contributed by atoms with E-state index in [-0.39, 0.29) is 24.9 Å².